The Morgan fingerprint density at radius 2 is 1.88 bits per heavy atom. The van der Waals surface area contributed by atoms with E-state index >= 15 is 0 Å². The monoisotopic (exact) mass is 457 g/mol. The average Bonchev–Trinajstić information content (AvgIpc) is 2.72. The van der Waals surface area contributed by atoms with Crippen molar-refractivity contribution in [2.24, 2.45) is 23.3 Å². The normalized spacial score (nSPS) is 29.2. The van der Waals surface area contributed by atoms with Crippen LogP contribution in [0.1, 0.15) is 33.5 Å². The highest BCUT2D eigenvalue weighted by Gasteiger charge is 2.63. The Hall–Kier alpha value is -3.21. The van der Waals surface area contributed by atoms with Crippen LogP contribution < -0.4 is 11.5 Å². The number of Topliss-reactive ketones (excluding diaryl/α,β-unsaturated/α-hetero) is 2. The topological polar surface area (TPSA) is 187 Å². The predicted octanol–water partition coefficient (Wildman–Crippen LogP) is -0.112. The van der Waals surface area contributed by atoms with Crippen molar-refractivity contribution >= 4 is 17.5 Å². The Labute approximate surface area is 189 Å². The number of ketones is 2. The highest BCUT2D eigenvalue weighted by Crippen LogP contribution is 2.52. The SMILES string of the molecule is Cc1cc(CN)c2c(c1O)C(=O)C1=C(O)[C@]3(O)C(=O)C(C(N)=O)=C(O)[C@@H](N(C)C)[C@@H]3C[C@@H]1C2. The van der Waals surface area contributed by atoms with Gasteiger partial charge in [0, 0.05) is 18.0 Å². The summed E-state index contributed by atoms with van der Waals surface area (Å²) in [5, 5.41) is 44.1. The van der Waals surface area contributed by atoms with E-state index in [4.69, 9.17) is 11.5 Å². The largest absolute Gasteiger partial charge is 0.510 e. The van der Waals surface area contributed by atoms with Crippen molar-refractivity contribution in [1.82, 2.24) is 4.90 Å². The molecule has 3 aliphatic carbocycles. The zero-order chi connectivity index (χ0) is 24.6. The van der Waals surface area contributed by atoms with Gasteiger partial charge in [-0.15, -0.1) is 0 Å². The number of phenolic OH excluding ortho intramolecular Hbond substituents is 1. The van der Waals surface area contributed by atoms with Crippen LogP contribution in [0.5, 0.6) is 5.75 Å². The zero-order valence-electron chi connectivity index (χ0n) is 18.5. The quantitative estimate of drug-likeness (QED) is 0.337. The van der Waals surface area contributed by atoms with E-state index in [0.717, 1.165) is 0 Å². The Balaban J connectivity index is 1.99. The molecule has 0 heterocycles. The van der Waals surface area contributed by atoms with E-state index in [1.807, 2.05) is 0 Å². The summed E-state index contributed by atoms with van der Waals surface area (Å²) in [7, 11) is 3.17. The second-order valence-corrected chi connectivity index (χ2v) is 9.22. The molecule has 0 radical (unpaired) electrons. The van der Waals surface area contributed by atoms with Crippen LogP contribution in [0.2, 0.25) is 0 Å². The maximum atomic E-state index is 13.5. The van der Waals surface area contributed by atoms with Gasteiger partial charge in [0.2, 0.25) is 5.78 Å². The highest BCUT2D eigenvalue weighted by atomic mass is 16.3. The number of carbonyl (C=O) groups excluding carboxylic acids is 3. The number of fused-ring (bicyclic) bond motifs is 3. The van der Waals surface area contributed by atoms with E-state index in [0.29, 0.717) is 16.7 Å². The van der Waals surface area contributed by atoms with Gasteiger partial charge in [0.25, 0.3) is 5.91 Å². The molecule has 0 aliphatic heterocycles. The molecule has 0 fully saturated rings. The number of aromatic hydroxyl groups is 1. The zero-order valence-corrected chi connectivity index (χ0v) is 18.5. The molecular weight excluding hydrogens is 430 g/mol. The second-order valence-electron chi connectivity index (χ2n) is 9.22. The Bertz CT molecular complexity index is 1180. The van der Waals surface area contributed by atoms with E-state index in [9.17, 15) is 34.8 Å². The predicted molar refractivity (Wildman–Crippen MR) is 116 cm³/mol. The van der Waals surface area contributed by atoms with Gasteiger partial charge in [-0.2, -0.15) is 0 Å². The number of aliphatic hydroxyl groups is 3. The fourth-order valence-corrected chi connectivity index (χ4v) is 5.73. The number of hydrogen-bond acceptors (Lipinski definition) is 9. The number of benzene rings is 1. The summed E-state index contributed by atoms with van der Waals surface area (Å²) in [5.74, 6) is -6.61. The van der Waals surface area contributed by atoms with Gasteiger partial charge in [-0.05, 0) is 56.5 Å². The van der Waals surface area contributed by atoms with E-state index in [1.165, 1.54) is 4.90 Å². The summed E-state index contributed by atoms with van der Waals surface area (Å²) in [6.07, 6.45) is 0.277. The first-order chi connectivity index (χ1) is 15.4. The van der Waals surface area contributed by atoms with Crippen molar-refractivity contribution in [2.45, 2.75) is 38.0 Å². The van der Waals surface area contributed by atoms with Crippen LogP contribution in [0.25, 0.3) is 0 Å². The standard InChI is InChI=1S/C23H27N3O7/c1-8-4-10(7-24)11-5-9-6-12-16(26(2)3)19(29)15(22(25)32)21(31)23(12,33)20(30)13(9)18(28)14(11)17(8)27/h4,9,12,16,27,29-30,33H,5-7,24H2,1-3H3,(H2,25,32)/t9-,12-,16-,23-/m0/s1. The summed E-state index contributed by atoms with van der Waals surface area (Å²) in [4.78, 5) is 40.2. The van der Waals surface area contributed by atoms with Crippen LogP contribution in [-0.4, -0.2) is 68.5 Å². The molecule has 0 unspecified atom stereocenters. The van der Waals surface area contributed by atoms with Crippen molar-refractivity contribution < 1.29 is 34.8 Å². The van der Waals surface area contributed by atoms with Gasteiger partial charge >= 0.3 is 0 Å². The smallest absolute Gasteiger partial charge is 0.255 e. The molecule has 0 spiro atoms. The third kappa shape index (κ3) is 2.87. The number of aliphatic hydroxyl groups excluding tert-OH is 2. The van der Waals surface area contributed by atoms with Crippen molar-refractivity contribution in [3.63, 3.8) is 0 Å². The molecule has 3 aliphatic rings. The third-order valence-corrected chi connectivity index (χ3v) is 7.23. The average molecular weight is 457 g/mol. The number of amides is 1. The number of nitrogens with two attached hydrogens (primary N) is 2. The van der Waals surface area contributed by atoms with Gasteiger partial charge < -0.3 is 31.9 Å². The molecule has 33 heavy (non-hydrogen) atoms. The lowest BCUT2D eigenvalue weighted by atomic mass is 9.58. The molecule has 0 saturated carbocycles. The van der Waals surface area contributed by atoms with E-state index in [2.05, 4.69) is 0 Å². The minimum Gasteiger partial charge on any atom is -0.510 e. The molecule has 176 valence electrons. The van der Waals surface area contributed by atoms with E-state index in [-0.39, 0.29) is 36.3 Å². The number of nitrogens with zero attached hydrogens (tertiary/aromatic N) is 1. The van der Waals surface area contributed by atoms with Crippen LogP contribution in [0, 0.1) is 18.8 Å². The van der Waals surface area contributed by atoms with Crippen LogP contribution in [-0.2, 0) is 22.6 Å². The number of phenols is 1. The third-order valence-electron chi connectivity index (χ3n) is 7.23. The molecule has 0 saturated heterocycles. The molecule has 8 N–H and O–H groups in total. The van der Waals surface area contributed by atoms with Gasteiger partial charge in [-0.1, -0.05) is 6.07 Å². The summed E-state index contributed by atoms with van der Waals surface area (Å²) in [5.41, 5.74) is 9.18. The lowest BCUT2D eigenvalue weighted by Crippen LogP contribution is -2.63. The van der Waals surface area contributed by atoms with E-state index < -0.39 is 58.0 Å². The fraction of sp³-hybridized carbons (Fsp3) is 0.435. The number of allylic oxidation sites excluding steroid dienone is 1. The number of hydrogen-bond donors (Lipinski definition) is 6. The Kier molecular flexibility index (Phi) is 5.15. The molecule has 4 atom stereocenters. The Morgan fingerprint density at radius 1 is 1.24 bits per heavy atom. The van der Waals surface area contributed by atoms with Crippen molar-refractivity contribution in [2.75, 3.05) is 14.1 Å². The molecule has 1 aromatic rings. The first-order valence-electron chi connectivity index (χ1n) is 10.6. The lowest BCUT2D eigenvalue weighted by Gasteiger charge is -2.50. The lowest BCUT2D eigenvalue weighted by molar-refractivity contribution is -0.148. The number of carbonyl (C=O) groups is 3. The molecule has 10 heteroatoms. The van der Waals surface area contributed by atoms with Crippen LogP contribution in [0.4, 0.5) is 0 Å². The van der Waals surface area contributed by atoms with Gasteiger partial charge in [0.15, 0.2) is 11.4 Å². The molecule has 4 rings (SSSR count). The summed E-state index contributed by atoms with van der Waals surface area (Å²) < 4.78 is 0. The molecular formula is C23H27N3O7. The molecule has 1 amide bonds. The van der Waals surface area contributed by atoms with E-state index in [1.54, 1.807) is 27.1 Å². The van der Waals surface area contributed by atoms with Crippen molar-refractivity contribution in [1.29, 1.82) is 0 Å². The molecule has 0 aromatic heterocycles. The number of rotatable bonds is 3. The van der Waals surface area contributed by atoms with Gasteiger partial charge in [-0.25, -0.2) is 0 Å². The van der Waals surface area contributed by atoms with Gasteiger partial charge in [0.05, 0.1) is 11.6 Å². The van der Waals surface area contributed by atoms with Crippen LogP contribution in [0.3, 0.4) is 0 Å². The first kappa shape index (κ1) is 23.0. The second kappa shape index (κ2) is 7.41. The summed E-state index contributed by atoms with van der Waals surface area (Å²) >= 11 is 0. The van der Waals surface area contributed by atoms with Gasteiger partial charge in [0.1, 0.15) is 22.8 Å². The molecule has 10 nitrogen and oxygen atoms in total. The minimum atomic E-state index is -2.64. The number of aryl methyl sites for hydroxylation is 1. The maximum absolute atomic E-state index is 13.5. The summed E-state index contributed by atoms with van der Waals surface area (Å²) in [6.45, 7) is 1.75. The fourth-order valence-electron chi connectivity index (χ4n) is 5.73. The van der Waals surface area contributed by atoms with Gasteiger partial charge in [-0.3, -0.25) is 19.3 Å². The number of likely N-dealkylation sites (N-methyl/N-ethyl adjacent to an activating group) is 1. The highest BCUT2D eigenvalue weighted by molar-refractivity contribution is 6.24. The van der Waals surface area contributed by atoms with Crippen molar-refractivity contribution in [3.8, 4) is 5.75 Å². The Morgan fingerprint density at radius 3 is 2.42 bits per heavy atom. The van der Waals surface area contributed by atoms with Crippen molar-refractivity contribution in [3.05, 3.63) is 51.0 Å². The van der Waals surface area contributed by atoms with Crippen LogP contribution in [0.15, 0.2) is 28.7 Å². The molecule has 0 bridgehead atoms. The first-order valence-corrected chi connectivity index (χ1v) is 10.6. The maximum Gasteiger partial charge on any atom is 0.255 e. The summed E-state index contributed by atoms with van der Waals surface area (Å²) in [6, 6.07) is 0.686. The number of primary amides is 1. The minimum absolute atomic E-state index is 0.0174. The molecule has 1 aromatic carbocycles. The van der Waals surface area contributed by atoms with Crippen LogP contribution >= 0.6 is 0 Å².